The van der Waals surface area contributed by atoms with Crippen LogP contribution >= 0.6 is 0 Å². The van der Waals surface area contributed by atoms with E-state index in [1.807, 2.05) is 12.1 Å². The number of hydrogen-bond acceptors (Lipinski definition) is 4. The second-order valence-corrected chi connectivity index (χ2v) is 4.76. The summed E-state index contributed by atoms with van der Waals surface area (Å²) in [5.74, 6) is 0. The fourth-order valence-corrected chi connectivity index (χ4v) is 2.49. The molecule has 0 bridgehead atoms. The van der Waals surface area contributed by atoms with E-state index in [1.54, 1.807) is 7.11 Å². The predicted octanol–water partition coefficient (Wildman–Crippen LogP) is 1.85. The maximum atomic E-state index is 12.6. The summed E-state index contributed by atoms with van der Waals surface area (Å²) in [6, 6.07) is 7.50. The molecule has 1 heterocycles. The molecule has 1 aliphatic rings. The van der Waals surface area contributed by atoms with Crippen LogP contribution in [-0.4, -0.2) is 40.0 Å². The van der Waals surface area contributed by atoms with Crippen LogP contribution in [0.5, 0.6) is 0 Å². The van der Waals surface area contributed by atoms with Gasteiger partial charge in [-0.25, -0.2) is 4.39 Å². The first-order valence-corrected chi connectivity index (χ1v) is 7.03. The zero-order chi connectivity index (χ0) is 15.0. The molecule has 4 nitrogen and oxygen atoms in total. The molecule has 20 heavy (non-hydrogen) atoms. The third-order valence-corrected chi connectivity index (χ3v) is 3.51. The van der Waals surface area contributed by atoms with Crippen LogP contribution in [-0.2, 0) is 4.74 Å². The van der Waals surface area contributed by atoms with Crippen molar-refractivity contribution in [2.45, 2.75) is 25.0 Å². The van der Waals surface area contributed by atoms with Gasteiger partial charge in [0.1, 0.15) is 6.67 Å². The monoisotopic (exact) mass is 283 g/mol. The lowest BCUT2D eigenvalue weighted by molar-refractivity contribution is 0.0721. The summed E-state index contributed by atoms with van der Waals surface area (Å²) in [6.07, 6.45) is 2.15. The van der Waals surface area contributed by atoms with Crippen molar-refractivity contribution in [1.29, 1.82) is 0 Å². The summed E-state index contributed by atoms with van der Waals surface area (Å²) in [4.78, 5) is 2.36. The quantitative estimate of drug-likeness (QED) is 0.865. The highest BCUT2D eigenvalue weighted by Crippen LogP contribution is 2.25. The first kappa shape index (κ1) is 16.9. The van der Waals surface area contributed by atoms with Crippen LogP contribution < -0.4 is 16.4 Å². The number of benzene rings is 1. The molecular formula is C15H26FN3O. The van der Waals surface area contributed by atoms with E-state index in [1.165, 1.54) is 25.6 Å². The number of anilines is 1. The summed E-state index contributed by atoms with van der Waals surface area (Å²) in [5.41, 5.74) is 12.4. The summed E-state index contributed by atoms with van der Waals surface area (Å²) < 4.78 is 17.9. The van der Waals surface area contributed by atoms with Crippen molar-refractivity contribution in [3.05, 3.63) is 29.8 Å². The number of methoxy groups -OCH3 is 1. The fraction of sp³-hybridized carbons (Fsp3) is 0.600. The average Bonchev–Trinajstić information content (AvgIpc) is 3.05. The Labute approximate surface area is 120 Å². The second kappa shape index (κ2) is 8.89. The van der Waals surface area contributed by atoms with Gasteiger partial charge < -0.3 is 21.1 Å². The standard InChI is InChI=1S/C14H21FN2O.CH5N/c1-18-14(13(16)10-15)11-4-6-12(7-5-11)17-8-2-3-9-17;1-2/h4-7,13-14H,2-3,8-10,16H2,1H3;2H2,1H3. The SMILES string of the molecule is CN.COC(c1ccc(N2CCCC2)cc1)C(N)CF. The Hall–Kier alpha value is -1.17. The van der Waals surface area contributed by atoms with Crippen LogP contribution in [0.4, 0.5) is 10.1 Å². The molecule has 0 radical (unpaired) electrons. The smallest absolute Gasteiger partial charge is 0.107 e. The number of nitrogens with two attached hydrogens (primary N) is 2. The van der Waals surface area contributed by atoms with Gasteiger partial charge in [-0.3, -0.25) is 0 Å². The molecule has 1 aliphatic heterocycles. The molecule has 1 aromatic rings. The Morgan fingerprint density at radius 2 is 1.75 bits per heavy atom. The highest BCUT2D eigenvalue weighted by atomic mass is 19.1. The van der Waals surface area contributed by atoms with Crippen LogP contribution in [0.1, 0.15) is 24.5 Å². The number of hydrogen-bond donors (Lipinski definition) is 2. The van der Waals surface area contributed by atoms with Crippen LogP contribution in [0.2, 0.25) is 0 Å². The van der Waals surface area contributed by atoms with E-state index >= 15 is 0 Å². The Bertz CT molecular complexity index is 366. The molecule has 0 spiro atoms. The summed E-state index contributed by atoms with van der Waals surface area (Å²) in [6.45, 7) is 1.67. The molecule has 2 atom stereocenters. The first-order valence-electron chi connectivity index (χ1n) is 7.03. The third-order valence-electron chi connectivity index (χ3n) is 3.51. The lowest BCUT2D eigenvalue weighted by atomic mass is 10.0. The molecule has 0 amide bonds. The molecule has 1 fully saturated rings. The molecule has 0 aromatic heterocycles. The first-order chi connectivity index (χ1) is 9.76. The largest absolute Gasteiger partial charge is 0.375 e. The lowest BCUT2D eigenvalue weighted by Crippen LogP contribution is -2.31. The van der Waals surface area contributed by atoms with Gasteiger partial charge in [-0.2, -0.15) is 0 Å². The number of nitrogens with zero attached hydrogens (tertiary/aromatic N) is 1. The topological polar surface area (TPSA) is 64.5 Å². The Morgan fingerprint density at radius 3 is 2.20 bits per heavy atom. The molecule has 2 rings (SSSR count). The highest BCUT2D eigenvalue weighted by Gasteiger charge is 2.20. The van der Waals surface area contributed by atoms with E-state index < -0.39 is 12.7 Å². The molecule has 1 aromatic carbocycles. The van der Waals surface area contributed by atoms with E-state index in [-0.39, 0.29) is 6.10 Å². The zero-order valence-corrected chi connectivity index (χ0v) is 12.4. The van der Waals surface area contributed by atoms with E-state index in [0.717, 1.165) is 18.7 Å². The van der Waals surface area contributed by atoms with Crippen LogP contribution in [0, 0.1) is 0 Å². The second-order valence-electron chi connectivity index (χ2n) is 4.76. The van der Waals surface area contributed by atoms with Crippen molar-refractivity contribution in [2.75, 3.05) is 38.8 Å². The lowest BCUT2D eigenvalue weighted by Gasteiger charge is -2.22. The van der Waals surface area contributed by atoms with Gasteiger partial charge in [-0.1, -0.05) is 12.1 Å². The van der Waals surface area contributed by atoms with Crippen molar-refractivity contribution >= 4 is 5.69 Å². The third kappa shape index (κ3) is 4.16. The van der Waals surface area contributed by atoms with E-state index in [9.17, 15) is 4.39 Å². The van der Waals surface area contributed by atoms with Gasteiger partial charge in [0.15, 0.2) is 0 Å². The molecule has 0 saturated carbocycles. The number of rotatable bonds is 5. The molecule has 5 heteroatoms. The Morgan fingerprint density at radius 1 is 1.20 bits per heavy atom. The van der Waals surface area contributed by atoms with Crippen molar-refractivity contribution < 1.29 is 9.13 Å². The van der Waals surface area contributed by atoms with Gasteiger partial charge in [0.25, 0.3) is 0 Å². The van der Waals surface area contributed by atoms with Gasteiger partial charge in [0.2, 0.25) is 0 Å². The molecule has 1 saturated heterocycles. The molecule has 0 aliphatic carbocycles. The van der Waals surface area contributed by atoms with E-state index in [2.05, 4.69) is 22.8 Å². The highest BCUT2D eigenvalue weighted by molar-refractivity contribution is 5.48. The minimum Gasteiger partial charge on any atom is -0.375 e. The van der Waals surface area contributed by atoms with Gasteiger partial charge in [0, 0.05) is 25.9 Å². The summed E-state index contributed by atoms with van der Waals surface area (Å²) >= 11 is 0. The van der Waals surface area contributed by atoms with Crippen molar-refractivity contribution in [2.24, 2.45) is 11.5 Å². The fourth-order valence-electron chi connectivity index (χ4n) is 2.49. The molecular weight excluding hydrogens is 257 g/mol. The minimum absolute atomic E-state index is 0.373. The van der Waals surface area contributed by atoms with Crippen molar-refractivity contribution in [3.8, 4) is 0 Å². The van der Waals surface area contributed by atoms with Crippen LogP contribution in [0.3, 0.4) is 0 Å². The molecule has 114 valence electrons. The molecule has 2 unspecified atom stereocenters. The van der Waals surface area contributed by atoms with Gasteiger partial charge in [-0.15, -0.1) is 0 Å². The maximum Gasteiger partial charge on any atom is 0.107 e. The van der Waals surface area contributed by atoms with Crippen molar-refractivity contribution in [1.82, 2.24) is 0 Å². The normalized spacial score (nSPS) is 17.4. The average molecular weight is 283 g/mol. The van der Waals surface area contributed by atoms with Gasteiger partial charge in [-0.05, 0) is 37.6 Å². The molecule has 4 N–H and O–H groups in total. The zero-order valence-electron chi connectivity index (χ0n) is 12.4. The van der Waals surface area contributed by atoms with E-state index in [0.29, 0.717) is 0 Å². The number of alkyl halides is 1. The van der Waals surface area contributed by atoms with Crippen molar-refractivity contribution in [3.63, 3.8) is 0 Å². The Kier molecular flexibility index (Phi) is 7.51. The maximum absolute atomic E-state index is 12.6. The summed E-state index contributed by atoms with van der Waals surface area (Å²) in [5, 5.41) is 0. The summed E-state index contributed by atoms with van der Waals surface area (Å²) in [7, 11) is 3.06. The number of halogens is 1. The van der Waals surface area contributed by atoms with E-state index in [4.69, 9.17) is 10.5 Å². The van der Waals surface area contributed by atoms with Gasteiger partial charge >= 0.3 is 0 Å². The Balaban J connectivity index is 0.000000956. The van der Waals surface area contributed by atoms with Crippen LogP contribution in [0.25, 0.3) is 0 Å². The van der Waals surface area contributed by atoms with Gasteiger partial charge in [0.05, 0.1) is 12.1 Å². The van der Waals surface area contributed by atoms with Crippen LogP contribution in [0.15, 0.2) is 24.3 Å². The number of ether oxygens (including phenoxy) is 1. The minimum atomic E-state index is -0.604. The predicted molar refractivity (Wildman–Crippen MR) is 81.7 cm³/mol.